The van der Waals surface area contributed by atoms with Gasteiger partial charge in [-0.2, -0.15) is 0 Å². The highest BCUT2D eigenvalue weighted by Gasteiger charge is 2.10. The Kier molecular flexibility index (Phi) is 7.73. The largest absolute Gasteiger partial charge is 0.350 e. The molecule has 1 heterocycles. The Morgan fingerprint density at radius 2 is 1.78 bits per heavy atom. The number of nitrogens with one attached hydrogen (secondary N) is 3. The minimum atomic E-state index is -0.286. The zero-order valence-corrected chi connectivity index (χ0v) is 18.7. The van der Waals surface area contributed by atoms with Gasteiger partial charge in [-0.3, -0.25) is 14.6 Å². The molecule has 3 N–H and O–H groups in total. The third-order valence-electron chi connectivity index (χ3n) is 4.96. The average Bonchev–Trinajstić information content (AvgIpc) is 2.77. The standard InChI is InChI=1S/C25H25ClN4O2/c1-16(30-17(2)31)20-8-6-18(7-9-20)10-19-11-22(14-28-13-19)25(32)29-15-24(27)21-4-3-5-23(26)12-21/h3-9,11-14,16,27H,10,15H2,1-2H3,(H,29,32)(H,30,31)/t16-/m0/s1. The monoisotopic (exact) mass is 448 g/mol. The van der Waals surface area contributed by atoms with Gasteiger partial charge in [0.1, 0.15) is 0 Å². The van der Waals surface area contributed by atoms with Crippen molar-refractivity contribution < 1.29 is 9.59 Å². The molecule has 1 atom stereocenters. The van der Waals surface area contributed by atoms with Crippen molar-refractivity contribution >= 4 is 29.1 Å². The van der Waals surface area contributed by atoms with Crippen LogP contribution < -0.4 is 10.6 Å². The average molecular weight is 449 g/mol. The second kappa shape index (κ2) is 10.7. The van der Waals surface area contributed by atoms with Gasteiger partial charge in [-0.15, -0.1) is 0 Å². The predicted octanol–water partition coefficient (Wildman–Crippen LogP) is 4.32. The van der Waals surface area contributed by atoms with Crippen LogP contribution in [0.2, 0.25) is 5.02 Å². The van der Waals surface area contributed by atoms with E-state index in [0.29, 0.717) is 22.6 Å². The molecule has 2 aromatic carbocycles. The molecule has 0 saturated heterocycles. The van der Waals surface area contributed by atoms with Crippen molar-refractivity contribution in [3.05, 3.63) is 99.8 Å². The quantitative estimate of drug-likeness (QED) is 0.448. The number of pyridine rings is 1. The molecule has 0 unspecified atom stereocenters. The molecule has 0 fully saturated rings. The van der Waals surface area contributed by atoms with Gasteiger partial charge in [-0.05, 0) is 53.8 Å². The zero-order valence-electron chi connectivity index (χ0n) is 18.0. The Labute approximate surface area is 192 Å². The van der Waals surface area contributed by atoms with Crippen LogP contribution in [0.15, 0.2) is 67.0 Å². The lowest BCUT2D eigenvalue weighted by molar-refractivity contribution is -0.119. The van der Waals surface area contributed by atoms with E-state index in [0.717, 1.165) is 16.7 Å². The molecule has 164 valence electrons. The Hall–Kier alpha value is -3.51. The molecule has 3 aromatic rings. The molecular formula is C25H25ClN4O2. The first-order valence-electron chi connectivity index (χ1n) is 10.2. The fourth-order valence-electron chi connectivity index (χ4n) is 3.31. The van der Waals surface area contributed by atoms with Crippen LogP contribution in [0, 0.1) is 5.41 Å². The number of hydrogen-bond donors (Lipinski definition) is 3. The molecule has 0 spiro atoms. The Bertz CT molecular complexity index is 1130. The topological polar surface area (TPSA) is 94.9 Å². The van der Waals surface area contributed by atoms with Crippen LogP contribution in [-0.2, 0) is 11.2 Å². The Morgan fingerprint density at radius 3 is 2.47 bits per heavy atom. The summed E-state index contributed by atoms with van der Waals surface area (Å²) >= 11 is 5.97. The molecule has 0 bridgehead atoms. The SMILES string of the molecule is CC(=O)N[C@@H](C)c1ccc(Cc2cncc(C(=O)NCC(=N)c3cccc(Cl)c3)c2)cc1. The zero-order chi connectivity index (χ0) is 23.1. The number of hydrogen-bond acceptors (Lipinski definition) is 4. The van der Waals surface area contributed by atoms with Crippen LogP contribution in [-0.4, -0.2) is 29.1 Å². The molecule has 0 aliphatic rings. The maximum atomic E-state index is 12.6. The van der Waals surface area contributed by atoms with E-state index < -0.39 is 0 Å². The van der Waals surface area contributed by atoms with E-state index in [4.69, 9.17) is 17.0 Å². The van der Waals surface area contributed by atoms with E-state index in [2.05, 4.69) is 15.6 Å². The molecule has 3 rings (SSSR count). The summed E-state index contributed by atoms with van der Waals surface area (Å²) < 4.78 is 0. The molecular weight excluding hydrogens is 424 g/mol. The highest BCUT2D eigenvalue weighted by Crippen LogP contribution is 2.16. The molecule has 2 amide bonds. The molecule has 0 saturated carbocycles. The maximum absolute atomic E-state index is 12.6. The first-order valence-corrected chi connectivity index (χ1v) is 10.6. The van der Waals surface area contributed by atoms with E-state index in [-0.39, 0.29) is 30.1 Å². The number of aromatic nitrogens is 1. The van der Waals surface area contributed by atoms with Gasteiger partial charge in [0.25, 0.3) is 5.91 Å². The second-order valence-corrected chi connectivity index (χ2v) is 8.03. The van der Waals surface area contributed by atoms with Crippen molar-refractivity contribution in [2.75, 3.05) is 6.54 Å². The van der Waals surface area contributed by atoms with E-state index in [1.807, 2.05) is 31.2 Å². The minimum Gasteiger partial charge on any atom is -0.350 e. The highest BCUT2D eigenvalue weighted by molar-refractivity contribution is 6.31. The van der Waals surface area contributed by atoms with E-state index in [1.54, 1.807) is 36.5 Å². The molecule has 0 aliphatic heterocycles. The third-order valence-corrected chi connectivity index (χ3v) is 5.20. The summed E-state index contributed by atoms with van der Waals surface area (Å²) in [5.74, 6) is -0.351. The maximum Gasteiger partial charge on any atom is 0.253 e. The van der Waals surface area contributed by atoms with Crippen LogP contribution in [0.3, 0.4) is 0 Å². The highest BCUT2D eigenvalue weighted by atomic mass is 35.5. The lowest BCUT2D eigenvalue weighted by Crippen LogP contribution is -2.29. The third kappa shape index (κ3) is 6.49. The number of carbonyl (C=O) groups is 2. The van der Waals surface area contributed by atoms with E-state index in [9.17, 15) is 9.59 Å². The fourth-order valence-corrected chi connectivity index (χ4v) is 3.50. The molecule has 1 aromatic heterocycles. The first-order chi connectivity index (χ1) is 15.3. The van der Waals surface area contributed by atoms with Crippen LogP contribution in [0.25, 0.3) is 0 Å². The molecule has 7 heteroatoms. The van der Waals surface area contributed by atoms with Gasteiger partial charge < -0.3 is 16.0 Å². The lowest BCUT2D eigenvalue weighted by atomic mass is 10.0. The van der Waals surface area contributed by atoms with Crippen LogP contribution in [0.1, 0.15) is 52.5 Å². The van der Waals surface area contributed by atoms with Gasteiger partial charge in [-0.1, -0.05) is 48.0 Å². The summed E-state index contributed by atoms with van der Waals surface area (Å²) in [7, 11) is 0. The summed E-state index contributed by atoms with van der Waals surface area (Å²) in [6.07, 6.45) is 3.87. The predicted molar refractivity (Wildman–Crippen MR) is 126 cm³/mol. The number of halogens is 1. The number of amides is 2. The molecule has 0 radical (unpaired) electrons. The lowest BCUT2D eigenvalue weighted by Gasteiger charge is -2.13. The van der Waals surface area contributed by atoms with Gasteiger partial charge in [-0.25, -0.2) is 0 Å². The summed E-state index contributed by atoms with van der Waals surface area (Å²) in [6, 6.07) is 16.7. The van der Waals surface area contributed by atoms with Crippen LogP contribution in [0.4, 0.5) is 0 Å². The van der Waals surface area contributed by atoms with Crippen LogP contribution in [0.5, 0.6) is 0 Å². The number of carbonyl (C=O) groups excluding carboxylic acids is 2. The Morgan fingerprint density at radius 1 is 1.03 bits per heavy atom. The number of nitrogens with zero attached hydrogens (tertiary/aromatic N) is 1. The summed E-state index contributed by atoms with van der Waals surface area (Å²) in [5.41, 5.74) is 4.39. The second-order valence-electron chi connectivity index (χ2n) is 7.59. The first kappa shape index (κ1) is 23.2. The van der Waals surface area contributed by atoms with Crippen molar-refractivity contribution in [2.24, 2.45) is 0 Å². The summed E-state index contributed by atoms with van der Waals surface area (Å²) in [4.78, 5) is 28.0. The van der Waals surface area contributed by atoms with Gasteiger partial charge in [0.15, 0.2) is 0 Å². The number of rotatable bonds is 8. The smallest absolute Gasteiger partial charge is 0.253 e. The summed E-state index contributed by atoms with van der Waals surface area (Å²) in [5, 5.41) is 14.3. The molecule has 6 nitrogen and oxygen atoms in total. The van der Waals surface area contributed by atoms with Crippen molar-refractivity contribution in [2.45, 2.75) is 26.3 Å². The Balaban J connectivity index is 1.60. The van der Waals surface area contributed by atoms with E-state index >= 15 is 0 Å². The van der Waals surface area contributed by atoms with Crippen molar-refractivity contribution in [3.8, 4) is 0 Å². The van der Waals surface area contributed by atoms with Crippen molar-refractivity contribution in [1.29, 1.82) is 5.41 Å². The van der Waals surface area contributed by atoms with Gasteiger partial charge in [0.2, 0.25) is 5.91 Å². The van der Waals surface area contributed by atoms with Crippen molar-refractivity contribution in [1.82, 2.24) is 15.6 Å². The number of benzene rings is 2. The van der Waals surface area contributed by atoms with E-state index in [1.165, 1.54) is 13.1 Å². The fraction of sp³-hybridized carbons (Fsp3) is 0.200. The summed E-state index contributed by atoms with van der Waals surface area (Å²) in [6.45, 7) is 3.53. The van der Waals surface area contributed by atoms with Gasteiger partial charge >= 0.3 is 0 Å². The van der Waals surface area contributed by atoms with Crippen LogP contribution >= 0.6 is 11.6 Å². The molecule has 32 heavy (non-hydrogen) atoms. The van der Waals surface area contributed by atoms with Gasteiger partial charge in [0, 0.05) is 24.3 Å². The van der Waals surface area contributed by atoms with Crippen molar-refractivity contribution in [3.63, 3.8) is 0 Å². The normalized spacial score (nSPS) is 11.5. The minimum absolute atomic E-state index is 0.0547. The molecule has 0 aliphatic carbocycles. The van der Waals surface area contributed by atoms with Gasteiger partial charge in [0.05, 0.1) is 23.9 Å².